The van der Waals surface area contributed by atoms with E-state index < -0.39 is 5.91 Å². The number of methoxy groups -OCH3 is 1. The molecule has 0 aliphatic carbocycles. The van der Waals surface area contributed by atoms with Crippen LogP contribution in [0.25, 0.3) is 10.8 Å². The zero-order chi connectivity index (χ0) is 21.8. The number of ether oxygens (including phenoxy) is 1. The number of carbonyl (C=O) groups excluding carboxylic acids is 2. The van der Waals surface area contributed by atoms with Gasteiger partial charge in [0.05, 0.1) is 13.7 Å². The lowest BCUT2D eigenvalue weighted by Crippen LogP contribution is -2.51. The zero-order valence-corrected chi connectivity index (χ0v) is 17.9. The van der Waals surface area contributed by atoms with Crippen LogP contribution in [0.2, 0.25) is 5.02 Å². The number of rotatable bonds is 5. The van der Waals surface area contributed by atoms with E-state index in [1.807, 2.05) is 48.5 Å². The highest BCUT2D eigenvalue weighted by Crippen LogP contribution is 2.24. The molecule has 160 valence electrons. The van der Waals surface area contributed by atoms with Gasteiger partial charge >= 0.3 is 0 Å². The molecule has 1 aliphatic heterocycles. The number of benzene rings is 2. The number of piperazine rings is 1. The number of carbonyl (C=O) groups is 2. The van der Waals surface area contributed by atoms with Crippen LogP contribution in [0.5, 0.6) is 5.88 Å². The van der Waals surface area contributed by atoms with Gasteiger partial charge in [0, 0.05) is 42.3 Å². The molecule has 1 aliphatic rings. The number of nitrogens with one attached hydrogen (secondary N) is 1. The summed E-state index contributed by atoms with van der Waals surface area (Å²) in [5.74, 6) is -0.137. The molecule has 3 aromatic rings. The number of fused-ring (bicyclic) bond motifs is 1. The van der Waals surface area contributed by atoms with E-state index in [0.717, 1.165) is 29.5 Å². The molecule has 0 saturated carbocycles. The molecular formula is C23H23ClN4O3. The van der Waals surface area contributed by atoms with Gasteiger partial charge < -0.3 is 19.9 Å². The Morgan fingerprint density at radius 3 is 2.48 bits per heavy atom. The largest absolute Gasteiger partial charge is 0.481 e. The summed E-state index contributed by atoms with van der Waals surface area (Å²) in [6, 6.07) is 16.9. The van der Waals surface area contributed by atoms with Crippen LogP contribution in [0, 0.1) is 0 Å². The summed E-state index contributed by atoms with van der Waals surface area (Å²) in [5.41, 5.74) is 1.30. The van der Waals surface area contributed by atoms with Crippen molar-refractivity contribution >= 4 is 39.9 Å². The van der Waals surface area contributed by atoms with Gasteiger partial charge in [0.1, 0.15) is 5.69 Å². The van der Waals surface area contributed by atoms with Gasteiger partial charge in [0.2, 0.25) is 11.8 Å². The number of pyridine rings is 1. The molecule has 7 nitrogen and oxygen atoms in total. The van der Waals surface area contributed by atoms with E-state index in [1.54, 1.807) is 11.0 Å². The first-order chi connectivity index (χ1) is 15.0. The van der Waals surface area contributed by atoms with Crippen LogP contribution >= 0.6 is 11.6 Å². The molecule has 1 saturated heterocycles. The quantitative estimate of drug-likeness (QED) is 0.662. The molecule has 1 fully saturated rings. The van der Waals surface area contributed by atoms with Crippen LogP contribution in [-0.2, 0) is 4.79 Å². The molecule has 2 aromatic carbocycles. The molecule has 31 heavy (non-hydrogen) atoms. The summed E-state index contributed by atoms with van der Waals surface area (Å²) in [5, 5.41) is 5.07. The van der Waals surface area contributed by atoms with Gasteiger partial charge in [0.15, 0.2) is 0 Å². The van der Waals surface area contributed by atoms with Gasteiger partial charge in [-0.2, -0.15) is 0 Å². The van der Waals surface area contributed by atoms with Crippen LogP contribution in [0.15, 0.2) is 54.6 Å². The van der Waals surface area contributed by atoms with E-state index in [1.165, 1.54) is 7.11 Å². The number of aromatic nitrogens is 1. The first-order valence-corrected chi connectivity index (χ1v) is 10.4. The van der Waals surface area contributed by atoms with Gasteiger partial charge in [0.25, 0.3) is 5.91 Å². The lowest BCUT2D eigenvalue weighted by molar-refractivity contribution is -0.130. The number of amides is 2. The fourth-order valence-electron chi connectivity index (χ4n) is 3.66. The summed E-state index contributed by atoms with van der Waals surface area (Å²) in [4.78, 5) is 33.4. The fourth-order valence-corrected chi connectivity index (χ4v) is 3.79. The Bertz CT molecular complexity index is 1100. The van der Waals surface area contributed by atoms with Crippen molar-refractivity contribution in [3.8, 4) is 5.88 Å². The van der Waals surface area contributed by atoms with Gasteiger partial charge in [-0.25, -0.2) is 4.98 Å². The van der Waals surface area contributed by atoms with Crippen molar-refractivity contribution in [3.63, 3.8) is 0 Å². The van der Waals surface area contributed by atoms with E-state index in [4.69, 9.17) is 16.3 Å². The van der Waals surface area contributed by atoms with Gasteiger partial charge in [-0.05, 0) is 41.8 Å². The summed E-state index contributed by atoms with van der Waals surface area (Å²) in [6.45, 7) is 2.57. The first-order valence-electron chi connectivity index (χ1n) is 10.1. The lowest BCUT2D eigenvalue weighted by atomic mass is 10.1. The van der Waals surface area contributed by atoms with Crippen LogP contribution in [0.1, 0.15) is 10.5 Å². The van der Waals surface area contributed by atoms with Crippen molar-refractivity contribution in [2.75, 3.05) is 44.7 Å². The topological polar surface area (TPSA) is 74.8 Å². The minimum atomic E-state index is -0.405. The third-order valence-electron chi connectivity index (χ3n) is 5.36. The Morgan fingerprint density at radius 1 is 1.06 bits per heavy atom. The highest BCUT2D eigenvalue weighted by molar-refractivity contribution is 6.30. The van der Waals surface area contributed by atoms with E-state index >= 15 is 0 Å². The molecule has 2 heterocycles. The Hall–Kier alpha value is -3.32. The van der Waals surface area contributed by atoms with Crippen LogP contribution < -0.4 is 15.0 Å². The molecule has 2 amide bonds. The maximum atomic E-state index is 12.6. The highest BCUT2D eigenvalue weighted by atomic mass is 35.5. The molecular weight excluding hydrogens is 416 g/mol. The van der Waals surface area contributed by atoms with E-state index in [9.17, 15) is 9.59 Å². The average molecular weight is 439 g/mol. The SMILES string of the molecule is COc1nc(C(=O)NCC(=O)N2CCN(c3ccc(Cl)cc3)CC2)cc2ccccc12. The predicted octanol–water partition coefficient (Wildman–Crippen LogP) is 2.98. The summed E-state index contributed by atoms with van der Waals surface area (Å²) in [6.07, 6.45) is 0. The zero-order valence-electron chi connectivity index (χ0n) is 17.2. The first kappa shape index (κ1) is 20.9. The number of hydrogen-bond acceptors (Lipinski definition) is 5. The van der Waals surface area contributed by atoms with Crippen molar-refractivity contribution in [1.82, 2.24) is 15.2 Å². The molecule has 0 bridgehead atoms. The Morgan fingerprint density at radius 2 is 1.77 bits per heavy atom. The maximum Gasteiger partial charge on any atom is 0.270 e. The summed E-state index contributed by atoms with van der Waals surface area (Å²) >= 11 is 5.95. The van der Waals surface area contributed by atoms with E-state index in [0.29, 0.717) is 24.0 Å². The number of nitrogens with zero attached hydrogens (tertiary/aromatic N) is 3. The van der Waals surface area contributed by atoms with E-state index in [-0.39, 0.29) is 18.1 Å². The molecule has 0 radical (unpaired) electrons. The Balaban J connectivity index is 1.33. The lowest BCUT2D eigenvalue weighted by Gasteiger charge is -2.36. The van der Waals surface area contributed by atoms with E-state index in [2.05, 4.69) is 15.2 Å². The second-order valence-corrected chi connectivity index (χ2v) is 7.70. The van der Waals surface area contributed by atoms with Crippen molar-refractivity contribution in [2.24, 2.45) is 0 Å². The maximum absolute atomic E-state index is 12.6. The monoisotopic (exact) mass is 438 g/mol. The van der Waals surface area contributed by atoms with Crippen LogP contribution in [0.3, 0.4) is 0 Å². The second kappa shape index (κ2) is 9.22. The third-order valence-corrected chi connectivity index (χ3v) is 5.61. The Kier molecular flexibility index (Phi) is 6.23. The standard InChI is InChI=1S/C23H23ClN4O3/c1-31-23-19-5-3-2-4-16(19)14-20(26-23)22(30)25-15-21(29)28-12-10-27(11-13-28)18-8-6-17(24)7-9-18/h2-9,14H,10-13,15H2,1H3,(H,25,30). The van der Waals surface area contributed by atoms with Gasteiger partial charge in [-0.1, -0.05) is 29.8 Å². The van der Waals surface area contributed by atoms with Crippen molar-refractivity contribution in [1.29, 1.82) is 0 Å². The van der Waals surface area contributed by atoms with Crippen molar-refractivity contribution in [3.05, 3.63) is 65.3 Å². The Labute approximate surface area is 185 Å². The second-order valence-electron chi connectivity index (χ2n) is 7.26. The molecule has 1 aromatic heterocycles. The molecule has 0 spiro atoms. The fraction of sp³-hybridized carbons (Fsp3) is 0.261. The smallest absolute Gasteiger partial charge is 0.270 e. The minimum absolute atomic E-state index is 0.0728. The molecule has 0 unspecified atom stereocenters. The number of halogens is 1. The average Bonchev–Trinajstić information content (AvgIpc) is 2.82. The normalized spacial score (nSPS) is 13.9. The molecule has 8 heteroatoms. The molecule has 0 atom stereocenters. The number of anilines is 1. The summed E-state index contributed by atoms with van der Waals surface area (Å²) in [7, 11) is 1.52. The molecule has 4 rings (SSSR count). The molecule has 1 N–H and O–H groups in total. The van der Waals surface area contributed by atoms with Gasteiger partial charge in [-0.3, -0.25) is 9.59 Å². The number of hydrogen-bond donors (Lipinski definition) is 1. The van der Waals surface area contributed by atoms with Gasteiger partial charge in [-0.15, -0.1) is 0 Å². The van der Waals surface area contributed by atoms with Crippen molar-refractivity contribution in [2.45, 2.75) is 0 Å². The minimum Gasteiger partial charge on any atom is -0.481 e. The summed E-state index contributed by atoms with van der Waals surface area (Å²) < 4.78 is 5.31. The predicted molar refractivity (Wildman–Crippen MR) is 121 cm³/mol. The highest BCUT2D eigenvalue weighted by Gasteiger charge is 2.22. The van der Waals surface area contributed by atoms with Crippen LogP contribution in [-0.4, -0.2) is 61.5 Å². The third kappa shape index (κ3) is 4.72. The van der Waals surface area contributed by atoms with Crippen LogP contribution in [0.4, 0.5) is 5.69 Å². The van der Waals surface area contributed by atoms with Crippen molar-refractivity contribution < 1.29 is 14.3 Å².